The molecule has 3 heterocycles. The molecule has 0 aromatic carbocycles. The second-order valence-electron chi connectivity index (χ2n) is 5.50. The first-order valence-corrected chi connectivity index (χ1v) is 7.15. The van der Waals surface area contributed by atoms with Crippen LogP contribution in [0, 0.1) is 5.92 Å². The van der Waals surface area contributed by atoms with Crippen molar-refractivity contribution in [1.82, 2.24) is 19.7 Å². The number of carbonyl (C=O) groups is 1. The molecule has 6 heteroatoms. The highest BCUT2D eigenvalue weighted by Crippen LogP contribution is 2.33. The van der Waals surface area contributed by atoms with Crippen molar-refractivity contribution >= 4 is 5.91 Å². The molecule has 3 rings (SSSR count). The van der Waals surface area contributed by atoms with E-state index in [4.69, 9.17) is 4.74 Å². The summed E-state index contributed by atoms with van der Waals surface area (Å²) in [5.74, 6) is 0.248. The van der Waals surface area contributed by atoms with E-state index in [2.05, 4.69) is 10.4 Å². The van der Waals surface area contributed by atoms with Crippen molar-refractivity contribution in [2.45, 2.75) is 12.5 Å². The van der Waals surface area contributed by atoms with Gasteiger partial charge in [0.1, 0.15) is 5.69 Å². The molecule has 2 aromatic rings. The van der Waals surface area contributed by atoms with Crippen LogP contribution in [0.1, 0.15) is 28.6 Å². The lowest BCUT2D eigenvalue weighted by Gasteiger charge is -2.17. The van der Waals surface area contributed by atoms with Crippen molar-refractivity contribution in [3.63, 3.8) is 0 Å². The van der Waals surface area contributed by atoms with E-state index in [1.54, 1.807) is 4.68 Å². The standard InChI is InChI=1S/C15H20N4O2/c1-18-6-3-4-13(18)15(20)16-8-11-5-7-21-14(11)12-9-17-19(2)10-12/h3-4,6,9-11,14H,5,7-8H2,1-2H3,(H,16,20)/t11-,14+/m0/s1. The van der Waals surface area contributed by atoms with Crippen LogP contribution in [0.3, 0.4) is 0 Å². The monoisotopic (exact) mass is 288 g/mol. The molecule has 21 heavy (non-hydrogen) atoms. The summed E-state index contributed by atoms with van der Waals surface area (Å²) in [4.78, 5) is 12.1. The summed E-state index contributed by atoms with van der Waals surface area (Å²) < 4.78 is 9.39. The number of nitrogens with zero attached hydrogens (tertiary/aromatic N) is 3. The Morgan fingerprint density at radius 2 is 2.38 bits per heavy atom. The molecule has 0 aliphatic carbocycles. The maximum absolute atomic E-state index is 12.1. The van der Waals surface area contributed by atoms with Gasteiger partial charge in [-0.05, 0) is 18.6 Å². The van der Waals surface area contributed by atoms with Crippen molar-refractivity contribution in [3.8, 4) is 0 Å². The van der Waals surface area contributed by atoms with Gasteiger partial charge in [0, 0.05) is 51.1 Å². The Morgan fingerprint density at radius 1 is 1.52 bits per heavy atom. The average molecular weight is 288 g/mol. The van der Waals surface area contributed by atoms with Gasteiger partial charge in [0.2, 0.25) is 0 Å². The minimum atomic E-state index is -0.0423. The van der Waals surface area contributed by atoms with E-state index in [0.717, 1.165) is 18.6 Å². The summed E-state index contributed by atoms with van der Waals surface area (Å²) in [6.07, 6.45) is 6.65. The Hall–Kier alpha value is -2.08. The number of aryl methyl sites for hydroxylation is 2. The van der Waals surface area contributed by atoms with Gasteiger partial charge in [0.05, 0.1) is 12.3 Å². The van der Waals surface area contributed by atoms with Crippen LogP contribution < -0.4 is 5.32 Å². The number of amides is 1. The lowest BCUT2D eigenvalue weighted by molar-refractivity contribution is 0.0842. The van der Waals surface area contributed by atoms with Crippen LogP contribution in [0.15, 0.2) is 30.7 Å². The van der Waals surface area contributed by atoms with Crippen LogP contribution >= 0.6 is 0 Å². The molecule has 1 amide bonds. The quantitative estimate of drug-likeness (QED) is 0.921. The molecule has 2 atom stereocenters. The second-order valence-corrected chi connectivity index (χ2v) is 5.50. The maximum atomic E-state index is 12.1. The van der Waals surface area contributed by atoms with Gasteiger partial charge in [-0.3, -0.25) is 9.48 Å². The highest BCUT2D eigenvalue weighted by molar-refractivity contribution is 5.92. The van der Waals surface area contributed by atoms with E-state index >= 15 is 0 Å². The molecule has 1 aliphatic heterocycles. The number of nitrogens with one attached hydrogen (secondary N) is 1. The number of rotatable bonds is 4. The number of aromatic nitrogens is 3. The van der Waals surface area contributed by atoms with Crippen molar-refractivity contribution in [1.29, 1.82) is 0 Å². The van der Waals surface area contributed by atoms with Crippen LogP contribution in [-0.4, -0.2) is 33.4 Å². The molecule has 112 valence electrons. The summed E-state index contributed by atoms with van der Waals surface area (Å²) >= 11 is 0. The fourth-order valence-corrected chi connectivity index (χ4v) is 2.81. The topological polar surface area (TPSA) is 61.1 Å². The van der Waals surface area contributed by atoms with Crippen LogP contribution in [0.4, 0.5) is 0 Å². The summed E-state index contributed by atoms with van der Waals surface area (Å²) in [5.41, 5.74) is 1.75. The van der Waals surface area contributed by atoms with E-state index in [1.807, 2.05) is 49.4 Å². The Morgan fingerprint density at radius 3 is 3.05 bits per heavy atom. The Bertz CT molecular complexity index is 631. The Labute approximate surface area is 123 Å². The molecule has 1 N–H and O–H groups in total. The van der Waals surface area contributed by atoms with Crippen molar-refractivity contribution < 1.29 is 9.53 Å². The molecule has 2 aromatic heterocycles. The molecular formula is C15H20N4O2. The molecule has 0 unspecified atom stereocenters. The van der Waals surface area contributed by atoms with Crippen molar-refractivity contribution in [3.05, 3.63) is 42.0 Å². The second kappa shape index (κ2) is 5.73. The molecular weight excluding hydrogens is 268 g/mol. The van der Waals surface area contributed by atoms with E-state index in [-0.39, 0.29) is 12.0 Å². The fourth-order valence-electron chi connectivity index (χ4n) is 2.81. The van der Waals surface area contributed by atoms with Crippen LogP contribution in [-0.2, 0) is 18.8 Å². The number of hydrogen-bond acceptors (Lipinski definition) is 3. The van der Waals surface area contributed by atoms with E-state index in [1.165, 1.54) is 0 Å². The zero-order valence-electron chi connectivity index (χ0n) is 12.3. The Balaban J connectivity index is 1.62. The largest absolute Gasteiger partial charge is 0.373 e. The summed E-state index contributed by atoms with van der Waals surface area (Å²) in [5, 5.41) is 7.20. The van der Waals surface area contributed by atoms with Gasteiger partial charge < -0.3 is 14.6 Å². The van der Waals surface area contributed by atoms with E-state index < -0.39 is 0 Å². The lowest BCUT2D eigenvalue weighted by atomic mass is 9.97. The third kappa shape index (κ3) is 2.85. The highest BCUT2D eigenvalue weighted by Gasteiger charge is 2.30. The van der Waals surface area contributed by atoms with Gasteiger partial charge in [0.25, 0.3) is 5.91 Å². The molecule has 1 saturated heterocycles. The molecule has 0 spiro atoms. The minimum Gasteiger partial charge on any atom is -0.373 e. The number of carbonyl (C=O) groups excluding carboxylic acids is 1. The van der Waals surface area contributed by atoms with Crippen LogP contribution in [0.25, 0.3) is 0 Å². The SMILES string of the molecule is Cn1cc([C@@H]2OCC[C@H]2CNC(=O)c2cccn2C)cn1. The Kier molecular flexibility index (Phi) is 3.79. The number of ether oxygens (including phenoxy) is 1. The maximum Gasteiger partial charge on any atom is 0.267 e. The van der Waals surface area contributed by atoms with Crippen LogP contribution in [0.2, 0.25) is 0 Å². The van der Waals surface area contributed by atoms with Crippen molar-refractivity contribution in [2.24, 2.45) is 20.0 Å². The minimum absolute atomic E-state index is 0.0208. The molecule has 0 bridgehead atoms. The average Bonchev–Trinajstić information content (AvgIpc) is 3.16. The first-order valence-electron chi connectivity index (χ1n) is 7.15. The molecule has 1 aliphatic rings. The van der Waals surface area contributed by atoms with Crippen LogP contribution in [0.5, 0.6) is 0 Å². The van der Waals surface area contributed by atoms with Gasteiger partial charge in [-0.1, -0.05) is 0 Å². The van der Waals surface area contributed by atoms with Gasteiger partial charge in [0.15, 0.2) is 0 Å². The first-order chi connectivity index (χ1) is 10.1. The normalized spacial score (nSPS) is 21.6. The summed E-state index contributed by atoms with van der Waals surface area (Å²) in [6.45, 7) is 1.34. The van der Waals surface area contributed by atoms with Gasteiger partial charge in [-0.15, -0.1) is 0 Å². The van der Waals surface area contributed by atoms with Crippen molar-refractivity contribution in [2.75, 3.05) is 13.2 Å². The molecule has 0 radical (unpaired) electrons. The van der Waals surface area contributed by atoms with E-state index in [0.29, 0.717) is 18.2 Å². The van der Waals surface area contributed by atoms with Gasteiger partial charge in [-0.2, -0.15) is 5.10 Å². The predicted octanol–water partition coefficient (Wildman–Crippen LogP) is 1.27. The zero-order valence-corrected chi connectivity index (χ0v) is 12.3. The van der Waals surface area contributed by atoms with Gasteiger partial charge in [-0.25, -0.2) is 0 Å². The molecule has 1 fully saturated rings. The zero-order chi connectivity index (χ0) is 14.8. The van der Waals surface area contributed by atoms with Gasteiger partial charge >= 0.3 is 0 Å². The predicted molar refractivity (Wildman–Crippen MR) is 77.8 cm³/mol. The third-order valence-electron chi connectivity index (χ3n) is 3.97. The third-order valence-corrected chi connectivity index (χ3v) is 3.97. The summed E-state index contributed by atoms with van der Waals surface area (Å²) in [7, 11) is 3.76. The highest BCUT2D eigenvalue weighted by atomic mass is 16.5. The smallest absolute Gasteiger partial charge is 0.267 e. The fraction of sp³-hybridized carbons (Fsp3) is 0.467. The van der Waals surface area contributed by atoms with E-state index in [9.17, 15) is 4.79 Å². The number of hydrogen-bond donors (Lipinski definition) is 1. The molecule has 6 nitrogen and oxygen atoms in total. The summed E-state index contributed by atoms with van der Waals surface area (Å²) in [6, 6.07) is 3.69. The first kappa shape index (κ1) is 13.9. The molecule has 0 saturated carbocycles. The lowest BCUT2D eigenvalue weighted by Crippen LogP contribution is -2.31.